The topological polar surface area (TPSA) is 89.6 Å². The van der Waals surface area contributed by atoms with Crippen LogP contribution in [-0.2, 0) is 9.53 Å². The average Bonchev–Trinajstić information content (AvgIpc) is 2.15. The third kappa shape index (κ3) is 17.3. The quantitative estimate of drug-likeness (QED) is 0.449. The van der Waals surface area contributed by atoms with Crippen LogP contribution in [0, 0.1) is 9.85 Å². The van der Waals surface area contributed by atoms with Gasteiger partial charge in [-0.2, -0.15) is 0 Å². The second kappa shape index (κ2) is 12.2. The molecule has 0 saturated carbocycles. The third-order valence-electron chi connectivity index (χ3n) is 0.822. The molecule has 0 aliphatic heterocycles. The fourth-order valence-electron chi connectivity index (χ4n) is 0.334. The smallest absolute Gasteiger partial charge is 0.404 e. The molecule has 5 nitrogen and oxygen atoms in total. The lowest BCUT2D eigenvalue weighted by atomic mass is 10.3. The maximum absolute atomic E-state index is 9.69. The highest BCUT2D eigenvalue weighted by molar-refractivity contribution is 14.1. The number of rotatable bonds is 3. The van der Waals surface area contributed by atoms with E-state index in [1.807, 2.05) is 22.6 Å². The molecule has 0 saturated heterocycles. The fraction of sp³-hybridized carbons (Fsp3) is 0.500. The Bertz CT molecular complexity index is 221. The molecule has 1 atom stereocenters. The molecule has 0 radical (unpaired) electrons. The van der Waals surface area contributed by atoms with Crippen molar-refractivity contribution < 1.29 is 19.4 Å². The van der Waals surface area contributed by atoms with Crippen LogP contribution in [0.15, 0.2) is 0 Å². The number of halogens is 1. The largest absolute Gasteiger partial charge is 0.450 e. The van der Waals surface area contributed by atoms with E-state index in [9.17, 15) is 9.59 Å². The first kappa shape index (κ1) is 15.7. The van der Waals surface area contributed by atoms with Gasteiger partial charge in [0.15, 0.2) is 0 Å². The van der Waals surface area contributed by atoms with E-state index in [-0.39, 0.29) is 6.42 Å². The molecule has 0 aromatic carbocycles. The van der Waals surface area contributed by atoms with E-state index in [0.29, 0.717) is 12.9 Å². The molecule has 0 rings (SSSR count). The molecule has 80 valence electrons. The molecule has 0 aliphatic carbocycles. The second-order valence-corrected chi connectivity index (χ2v) is 2.47. The Balaban J connectivity index is 0. The van der Waals surface area contributed by atoms with E-state index < -0.39 is 12.2 Å². The number of aliphatic hydroxyl groups excluding tert-OH is 1. The van der Waals surface area contributed by atoms with Gasteiger partial charge in [0.05, 0.1) is 6.61 Å². The van der Waals surface area contributed by atoms with Crippen LogP contribution in [0.2, 0.25) is 0 Å². The summed E-state index contributed by atoms with van der Waals surface area (Å²) < 4.78 is 6.71. The number of hydrogen-bond donors (Lipinski definition) is 2. The lowest BCUT2D eigenvalue weighted by molar-refractivity contribution is -0.114. The van der Waals surface area contributed by atoms with Crippen molar-refractivity contribution in [3.8, 4) is 9.85 Å². The first-order valence-electron chi connectivity index (χ1n) is 3.72. The molecule has 0 aliphatic rings. The SMILES string of the molecule is CCOC(N)=O.O=CC(O)CC#CI. The lowest BCUT2D eigenvalue weighted by Crippen LogP contribution is -2.11. The minimum absolute atomic E-state index is 0.242. The Morgan fingerprint density at radius 3 is 2.57 bits per heavy atom. The van der Waals surface area contributed by atoms with E-state index in [2.05, 4.69) is 20.3 Å². The van der Waals surface area contributed by atoms with Crippen LogP contribution in [0.25, 0.3) is 0 Å². The highest BCUT2D eigenvalue weighted by Crippen LogP contribution is 1.84. The van der Waals surface area contributed by atoms with Crippen molar-refractivity contribution in [2.75, 3.05) is 6.61 Å². The zero-order valence-electron chi connectivity index (χ0n) is 7.70. The fourth-order valence-corrected chi connectivity index (χ4v) is 0.554. The van der Waals surface area contributed by atoms with Crippen LogP contribution in [0.4, 0.5) is 4.79 Å². The minimum Gasteiger partial charge on any atom is -0.450 e. The van der Waals surface area contributed by atoms with Crippen LogP contribution >= 0.6 is 22.6 Å². The second-order valence-electron chi connectivity index (χ2n) is 1.93. The molecular weight excluding hydrogens is 301 g/mol. The number of hydrogen-bond acceptors (Lipinski definition) is 4. The van der Waals surface area contributed by atoms with Crippen LogP contribution in [0.1, 0.15) is 13.3 Å². The molecule has 14 heavy (non-hydrogen) atoms. The van der Waals surface area contributed by atoms with Gasteiger partial charge >= 0.3 is 6.09 Å². The molecule has 1 amide bonds. The van der Waals surface area contributed by atoms with Gasteiger partial charge in [0, 0.05) is 29.0 Å². The number of primary amides is 1. The number of ether oxygens (including phenoxy) is 1. The molecule has 6 heteroatoms. The maximum Gasteiger partial charge on any atom is 0.404 e. The molecule has 0 spiro atoms. The molecule has 1 unspecified atom stereocenters. The predicted molar refractivity (Wildman–Crippen MR) is 59.7 cm³/mol. The van der Waals surface area contributed by atoms with Gasteiger partial charge in [-0.15, -0.1) is 0 Å². The monoisotopic (exact) mass is 313 g/mol. The Kier molecular flexibility index (Phi) is 13.6. The van der Waals surface area contributed by atoms with Gasteiger partial charge in [-0.25, -0.2) is 4.79 Å². The van der Waals surface area contributed by atoms with E-state index in [4.69, 9.17) is 5.11 Å². The summed E-state index contributed by atoms with van der Waals surface area (Å²) in [5.41, 5.74) is 4.54. The first-order chi connectivity index (χ1) is 6.58. The van der Waals surface area contributed by atoms with Crippen molar-refractivity contribution in [1.82, 2.24) is 0 Å². The van der Waals surface area contributed by atoms with E-state index >= 15 is 0 Å². The molecule has 0 aromatic rings. The highest BCUT2D eigenvalue weighted by Gasteiger charge is 1.94. The number of carbonyl (C=O) groups is 2. The number of nitrogens with two attached hydrogens (primary N) is 1. The summed E-state index contributed by atoms with van der Waals surface area (Å²) >= 11 is 1.85. The predicted octanol–water partition coefficient (Wildman–Crippen LogP) is 0.434. The van der Waals surface area contributed by atoms with E-state index in [1.54, 1.807) is 6.92 Å². The summed E-state index contributed by atoms with van der Waals surface area (Å²) in [5.74, 6) is 2.55. The lowest BCUT2D eigenvalue weighted by Gasteiger charge is -1.89. The Hall–Kier alpha value is -0.810. The highest BCUT2D eigenvalue weighted by atomic mass is 127. The van der Waals surface area contributed by atoms with Gasteiger partial charge in [-0.1, -0.05) is 5.92 Å². The van der Waals surface area contributed by atoms with Crippen molar-refractivity contribution in [1.29, 1.82) is 0 Å². The van der Waals surface area contributed by atoms with Gasteiger partial charge in [0.2, 0.25) is 0 Å². The van der Waals surface area contributed by atoms with Gasteiger partial charge in [0.25, 0.3) is 0 Å². The third-order valence-corrected chi connectivity index (χ3v) is 1.20. The minimum atomic E-state index is -0.905. The number of aldehydes is 1. The number of carbonyl (C=O) groups excluding carboxylic acids is 2. The normalized spacial score (nSPS) is 9.64. The average molecular weight is 313 g/mol. The molecule has 0 aromatic heterocycles. The van der Waals surface area contributed by atoms with E-state index in [1.165, 1.54) is 0 Å². The molecular formula is C8H12INO4. The van der Waals surface area contributed by atoms with Gasteiger partial charge in [-0.05, 0) is 10.9 Å². The Labute approximate surface area is 96.1 Å². The Morgan fingerprint density at radius 2 is 2.36 bits per heavy atom. The zero-order chi connectivity index (χ0) is 11.4. The van der Waals surface area contributed by atoms with Crippen LogP contribution in [0.5, 0.6) is 0 Å². The standard InChI is InChI=1S/C5H5IO2.C3H7NO2/c6-3-1-2-5(8)4-7;1-2-6-3(4)5/h4-5,8H,2H2;2H2,1H3,(H2,4,5). The summed E-state index contributed by atoms with van der Waals surface area (Å²) in [7, 11) is 0. The van der Waals surface area contributed by atoms with Crippen LogP contribution < -0.4 is 5.73 Å². The summed E-state index contributed by atoms with van der Waals surface area (Å²) in [6.45, 7) is 2.06. The maximum atomic E-state index is 9.69. The van der Waals surface area contributed by atoms with Gasteiger partial charge < -0.3 is 20.4 Å². The molecule has 0 bridgehead atoms. The van der Waals surface area contributed by atoms with Crippen molar-refractivity contribution >= 4 is 35.0 Å². The van der Waals surface area contributed by atoms with Crippen molar-refractivity contribution in [2.24, 2.45) is 5.73 Å². The molecule has 0 fully saturated rings. The zero-order valence-corrected chi connectivity index (χ0v) is 9.85. The van der Waals surface area contributed by atoms with Gasteiger partial charge in [0.1, 0.15) is 12.4 Å². The van der Waals surface area contributed by atoms with Crippen molar-refractivity contribution in [3.63, 3.8) is 0 Å². The molecule has 0 heterocycles. The summed E-state index contributed by atoms with van der Waals surface area (Å²) in [5, 5.41) is 8.52. The summed E-state index contributed by atoms with van der Waals surface area (Å²) in [6.07, 6.45) is -0.900. The van der Waals surface area contributed by atoms with Crippen LogP contribution in [0.3, 0.4) is 0 Å². The summed E-state index contributed by atoms with van der Waals surface area (Å²) in [4.78, 5) is 19.3. The molecule has 3 N–H and O–H groups in total. The van der Waals surface area contributed by atoms with Crippen LogP contribution in [-0.4, -0.2) is 30.2 Å². The van der Waals surface area contributed by atoms with Crippen molar-refractivity contribution in [2.45, 2.75) is 19.4 Å². The summed E-state index contributed by atoms with van der Waals surface area (Å²) in [6, 6.07) is 0. The number of amides is 1. The van der Waals surface area contributed by atoms with Crippen molar-refractivity contribution in [3.05, 3.63) is 0 Å². The Morgan fingerprint density at radius 1 is 1.79 bits per heavy atom. The first-order valence-corrected chi connectivity index (χ1v) is 4.80. The number of aliphatic hydroxyl groups is 1. The van der Waals surface area contributed by atoms with E-state index in [0.717, 1.165) is 0 Å². The van der Waals surface area contributed by atoms with Gasteiger partial charge in [-0.3, -0.25) is 0 Å².